The highest BCUT2D eigenvalue weighted by atomic mass is 19.2. The molecule has 0 bridgehead atoms. The van der Waals surface area contributed by atoms with Crippen LogP contribution in [0.2, 0.25) is 0 Å². The monoisotopic (exact) mass is 206 g/mol. The first kappa shape index (κ1) is 10.4. The number of carbonyl (C=O) groups excluding carboxylic acids is 1. The Hall–Kier alpha value is -1.72. The molecule has 14 heavy (non-hydrogen) atoms. The fraction of sp³-hybridized carbons (Fsp3) is 0.125. The van der Waals surface area contributed by atoms with E-state index in [1.54, 1.807) is 0 Å². The normalized spacial score (nSPS) is 10.0. The van der Waals surface area contributed by atoms with Gasteiger partial charge in [0.05, 0.1) is 0 Å². The molecule has 1 aromatic rings. The summed E-state index contributed by atoms with van der Waals surface area (Å²) in [4.78, 5) is 10.4. The third kappa shape index (κ3) is 1.78. The van der Waals surface area contributed by atoms with Crippen molar-refractivity contribution in [3.05, 3.63) is 23.5 Å². The standard InChI is InChI=1S/C8H5F3O3/c1-3(12)14-8-6(11)4(9)2-5(10)7(8)13/h2,13H,1H3. The van der Waals surface area contributed by atoms with Crippen LogP contribution in [0.1, 0.15) is 6.92 Å². The van der Waals surface area contributed by atoms with Gasteiger partial charge in [-0.05, 0) is 0 Å². The maximum atomic E-state index is 12.8. The van der Waals surface area contributed by atoms with Crippen molar-refractivity contribution >= 4 is 5.97 Å². The Morgan fingerprint density at radius 1 is 1.36 bits per heavy atom. The van der Waals surface area contributed by atoms with Crippen molar-refractivity contribution < 1.29 is 27.8 Å². The molecule has 0 saturated carbocycles. The summed E-state index contributed by atoms with van der Waals surface area (Å²) in [5.74, 6) is -7.94. The number of halogens is 3. The Balaban J connectivity index is 3.31. The predicted octanol–water partition coefficient (Wildman–Crippen LogP) is 1.73. The van der Waals surface area contributed by atoms with Crippen LogP contribution in [0.5, 0.6) is 11.5 Å². The van der Waals surface area contributed by atoms with Crippen molar-refractivity contribution in [2.45, 2.75) is 6.92 Å². The first-order chi connectivity index (χ1) is 6.43. The molecule has 0 spiro atoms. The summed E-state index contributed by atoms with van der Waals surface area (Å²) in [5.41, 5.74) is 0. The lowest BCUT2D eigenvalue weighted by molar-refractivity contribution is -0.132. The van der Waals surface area contributed by atoms with Crippen molar-refractivity contribution in [2.75, 3.05) is 0 Å². The van der Waals surface area contributed by atoms with E-state index in [1.165, 1.54) is 0 Å². The lowest BCUT2D eigenvalue weighted by atomic mass is 10.3. The Labute approximate surface area is 76.7 Å². The van der Waals surface area contributed by atoms with E-state index in [-0.39, 0.29) is 6.07 Å². The number of carbonyl (C=O) groups is 1. The van der Waals surface area contributed by atoms with Gasteiger partial charge in [0, 0.05) is 13.0 Å². The van der Waals surface area contributed by atoms with E-state index in [1.807, 2.05) is 0 Å². The van der Waals surface area contributed by atoms with Gasteiger partial charge in [0.2, 0.25) is 11.6 Å². The van der Waals surface area contributed by atoms with Gasteiger partial charge >= 0.3 is 5.97 Å². The number of benzene rings is 1. The molecule has 0 radical (unpaired) electrons. The van der Waals surface area contributed by atoms with E-state index in [0.29, 0.717) is 0 Å². The van der Waals surface area contributed by atoms with Crippen molar-refractivity contribution in [1.82, 2.24) is 0 Å². The van der Waals surface area contributed by atoms with Crippen LogP contribution in [0, 0.1) is 17.5 Å². The Kier molecular flexibility index (Phi) is 2.64. The molecule has 0 atom stereocenters. The van der Waals surface area contributed by atoms with Crippen LogP contribution < -0.4 is 4.74 Å². The second-order valence-corrected chi connectivity index (χ2v) is 2.43. The van der Waals surface area contributed by atoms with Gasteiger partial charge in [-0.2, -0.15) is 4.39 Å². The first-order valence-electron chi connectivity index (χ1n) is 3.48. The molecule has 0 aliphatic rings. The smallest absolute Gasteiger partial charge is 0.308 e. The third-order valence-electron chi connectivity index (χ3n) is 1.35. The van der Waals surface area contributed by atoms with Gasteiger partial charge in [0.25, 0.3) is 0 Å². The van der Waals surface area contributed by atoms with Gasteiger partial charge < -0.3 is 9.84 Å². The Morgan fingerprint density at radius 3 is 2.43 bits per heavy atom. The minimum absolute atomic E-state index is 0.150. The Bertz CT molecular complexity index is 364. The molecule has 1 rings (SSSR count). The lowest BCUT2D eigenvalue weighted by Crippen LogP contribution is -2.05. The second kappa shape index (κ2) is 3.57. The molecule has 0 amide bonds. The van der Waals surface area contributed by atoms with E-state index >= 15 is 0 Å². The summed E-state index contributed by atoms with van der Waals surface area (Å²) < 4.78 is 42.1. The maximum Gasteiger partial charge on any atom is 0.308 e. The fourth-order valence-corrected chi connectivity index (χ4v) is 0.801. The van der Waals surface area contributed by atoms with Gasteiger partial charge in [-0.3, -0.25) is 4.79 Å². The molecule has 0 unspecified atom stereocenters. The summed E-state index contributed by atoms with van der Waals surface area (Å²) in [5, 5.41) is 8.89. The molecular formula is C8H5F3O3. The number of hydrogen-bond donors (Lipinski definition) is 1. The molecule has 0 saturated heterocycles. The molecule has 1 aromatic carbocycles. The molecule has 0 aromatic heterocycles. The SMILES string of the molecule is CC(=O)Oc1c(O)c(F)cc(F)c1F. The number of ether oxygens (including phenoxy) is 1. The number of phenols is 1. The topological polar surface area (TPSA) is 46.5 Å². The lowest BCUT2D eigenvalue weighted by Gasteiger charge is -2.06. The summed E-state index contributed by atoms with van der Waals surface area (Å²) in [6, 6.07) is 0.150. The number of aromatic hydroxyl groups is 1. The summed E-state index contributed by atoms with van der Waals surface area (Å²) in [7, 11) is 0. The number of esters is 1. The molecule has 1 N–H and O–H groups in total. The predicted molar refractivity (Wildman–Crippen MR) is 39.3 cm³/mol. The van der Waals surface area contributed by atoms with Crippen LogP contribution in [-0.2, 0) is 4.79 Å². The molecule has 0 aliphatic heterocycles. The van der Waals surface area contributed by atoms with Gasteiger partial charge in [0.15, 0.2) is 17.4 Å². The average Bonchev–Trinajstić information content (AvgIpc) is 2.09. The van der Waals surface area contributed by atoms with Crippen LogP contribution in [-0.4, -0.2) is 11.1 Å². The second-order valence-electron chi connectivity index (χ2n) is 2.43. The van der Waals surface area contributed by atoms with Gasteiger partial charge in [-0.1, -0.05) is 0 Å². The molecular weight excluding hydrogens is 201 g/mol. The molecule has 3 nitrogen and oxygen atoms in total. The minimum atomic E-state index is -1.61. The number of rotatable bonds is 1. The zero-order chi connectivity index (χ0) is 10.9. The first-order valence-corrected chi connectivity index (χ1v) is 3.48. The van der Waals surface area contributed by atoms with E-state index in [0.717, 1.165) is 6.92 Å². The summed E-state index contributed by atoms with van der Waals surface area (Å²) >= 11 is 0. The highest BCUT2D eigenvalue weighted by Crippen LogP contribution is 2.33. The van der Waals surface area contributed by atoms with E-state index < -0.39 is 34.9 Å². The molecule has 0 heterocycles. The van der Waals surface area contributed by atoms with Crippen molar-refractivity contribution in [3.8, 4) is 11.5 Å². The van der Waals surface area contributed by atoms with Crippen molar-refractivity contribution in [3.63, 3.8) is 0 Å². The summed E-state index contributed by atoms with van der Waals surface area (Å²) in [6.45, 7) is 0.904. The van der Waals surface area contributed by atoms with Crippen molar-refractivity contribution in [2.24, 2.45) is 0 Å². The number of hydrogen-bond acceptors (Lipinski definition) is 3. The Morgan fingerprint density at radius 2 is 1.93 bits per heavy atom. The van der Waals surface area contributed by atoms with E-state index in [4.69, 9.17) is 5.11 Å². The van der Waals surface area contributed by atoms with Crippen LogP contribution in [0.4, 0.5) is 13.2 Å². The van der Waals surface area contributed by atoms with Crippen molar-refractivity contribution in [1.29, 1.82) is 0 Å². The van der Waals surface area contributed by atoms with Crippen LogP contribution in [0.25, 0.3) is 0 Å². The molecule has 76 valence electrons. The van der Waals surface area contributed by atoms with E-state index in [9.17, 15) is 18.0 Å². The zero-order valence-electron chi connectivity index (χ0n) is 6.97. The van der Waals surface area contributed by atoms with Gasteiger partial charge in [-0.25, -0.2) is 8.78 Å². The highest BCUT2D eigenvalue weighted by Gasteiger charge is 2.20. The summed E-state index contributed by atoms with van der Waals surface area (Å²) in [6.07, 6.45) is 0. The zero-order valence-corrected chi connectivity index (χ0v) is 6.97. The minimum Gasteiger partial charge on any atom is -0.502 e. The number of phenolic OH excluding ortho intramolecular Hbond substituents is 1. The maximum absolute atomic E-state index is 12.8. The van der Waals surface area contributed by atoms with Gasteiger partial charge in [-0.15, -0.1) is 0 Å². The molecule has 0 fully saturated rings. The van der Waals surface area contributed by atoms with Crippen LogP contribution >= 0.6 is 0 Å². The van der Waals surface area contributed by atoms with Crippen LogP contribution in [0.3, 0.4) is 0 Å². The molecule has 6 heteroatoms. The fourth-order valence-electron chi connectivity index (χ4n) is 0.801. The highest BCUT2D eigenvalue weighted by molar-refractivity contribution is 5.70. The molecule has 0 aliphatic carbocycles. The van der Waals surface area contributed by atoms with Crippen LogP contribution in [0.15, 0.2) is 6.07 Å². The quantitative estimate of drug-likeness (QED) is 0.432. The van der Waals surface area contributed by atoms with E-state index in [2.05, 4.69) is 4.74 Å². The largest absolute Gasteiger partial charge is 0.502 e. The van der Waals surface area contributed by atoms with Gasteiger partial charge in [0.1, 0.15) is 0 Å². The third-order valence-corrected chi connectivity index (χ3v) is 1.35. The average molecular weight is 206 g/mol.